The molecule has 0 radical (unpaired) electrons. The predicted octanol–water partition coefficient (Wildman–Crippen LogP) is 4.15. The maximum atomic E-state index is 14.0. The molecule has 7 nitrogen and oxygen atoms in total. The topological polar surface area (TPSA) is 77.7 Å². The van der Waals surface area contributed by atoms with E-state index in [1.54, 1.807) is 17.0 Å². The number of rotatable bonds is 7. The molecular weight excluding hydrogens is 389 g/mol. The molecule has 30 heavy (non-hydrogen) atoms. The van der Waals surface area contributed by atoms with Gasteiger partial charge < -0.3 is 18.9 Å². The molecule has 1 aliphatic heterocycles. The molecule has 1 fully saturated rings. The number of amides is 1. The summed E-state index contributed by atoms with van der Waals surface area (Å²) >= 11 is 0. The highest BCUT2D eigenvalue weighted by atomic mass is 19.1. The molecule has 2 heterocycles. The van der Waals surface area contributed by atoms with Gasteiger partial charge in [-0.3, -0.25) is 4.79 Å². The number of carbonyl (C=O) groups excluding carboxylic acids is 1. The second-order valence-corrected chi connectivity index (χ2v) is 6.96. The van der Waals surface area contributed by atoms with Crippen LogP contribution in [-0.2, 0) is 11.3 Å². The Bertz CT molecular complexity index is 1050. The van der Waals surface area contributed by atoms with Gasteiger partial charge in [0.2, 0.25) is 17.6 Å². The predicted molar refractivity (Wildman–Crippen MR) is 106 cm³/mol. The number of halogens is 1. The molecular formula is C22H22FN3O4. The lowest BCUT2D eigenvalue weighted by molar-refractivity contribution is -0.130. The monoisotopic (exact) mass is 411 g/mol. The largest absolute Gasteiger partial charge is 0.494 e. The van der Waals surface area contributed by atoms with E-state index >= 15 is 0 Å². The fourth-order valence-corrected chi connectivity index (χ4v) is 3.57. The summed E-state index contributed by atoms with van der Waals surface area (Å²) in [6, 6.07) is 11.8. The minimum absolute atomic E-state index is 0.0330. The summed E-state index contributed by atoms with van der Waals surface area (Å²) in [5.41, 5.74) is 1.43. The Labute approximate surface area is 173 Å². The zero-order chi connectivity index (χ0) is 21.1. The summed E-state index contributed by atoms with van der Waals surface area (Å²) in [6.45, 7) is 2.73. The van der Waals surface area contributed by atoms with Gasteiger partial charge in [0.25, 0.3) is 0 Å². The van der Waals surface area contributed by atoms with Crippen LogP contribution < -0.4 is 9.47 Å². The van der Waals surface area contributed by atoms with Gasteiger partial charge in [0.1, 0.15) is 11.8 Å². The second kappa shape index (κ2) is 8.52. The number of aromatic nitrogens is 2. The Morgan fingerprint density at radius 2 is 2.13 bits per heavy atom. The number of methoxy groups -OCH3 is 1. The summed E-state index contributed by atoms with van der Waals surface area (Å²) in [5, 5.41) is 4.08. The molecule has 1 amide bonds. The average molecular weight is 411 g/mol. The van der Waals surface area contributed by atoms with E-state index in [1.807, 2.05) is 31.2 Å². The van der Waals surface area contributed by atoms with Crippen LogP contribution in [0.3, 0.4) is 0 Å². The first kappa shape index (κ1) is 19.9. The molecule has 0 spiro atoms. The smallest absolute Gasteiger partial charge is 0.249 e. The molecule has 1 atom stereocenters. The van der Waals surface area contributed by atoms with Gasteiger partial charge in [0.15, 0.2) is 11.6 Å². The fraction of sp³-hybridized carbons (Fsp3) is 0.318. The van der Waals surface area contributed by atoms with Crippen molar-refractivity contribution in [2.24, 2.45) is 0 Å². The van der Waals surface area contributed by atoms with Gasteiger partial charge in [-0.15, -0.1) is 0 Å². The standard InChI is InChI=1S/C22H22FN3O4/c1-3-29-16-6-4-5-15(12-16)21-24-22(30-25-21)18-8-10-20(27)26(18)13-14-7-9-19(28-2)17(23)11-14/h4-7,9,11-12,18H,3,8,10,13H2,1-2H3. The lowest BCUT2D eigenvalue weighted by Crippen LogP contribution is -2.27. The third kappa shape index (κ3) is 3.98. The van der Waals surface area contributed by atoms with E-state index in [-0.39, 0.29) is 24.2 Å². The summed E-state index contributed by atoms with van der Waals surface area (Å²) in [7, 11) is 1.41. The lowest BCUT2D eigenvalue weighted by Gasteiger charge is -2.22. The van der Waals surface area contributed by atoms with E-state index < -0.39 is 5.82 Å². The molecule has 3 aromatic rings. The van der Waals surface area contributed by atoms with Crippen molar-refractivity contribution in [2.45, 2.75) is 32.4 Å². The first-order chi connectivity index (χ1) is 14.6. The maximum absolute atomic E-state index is 14.0. The summed E-state index contributed by atoms with van der Waals surface area (Å²) in [4.78, 5) is 18.6. The minimum atomic E-state index is -0.465. The maximum Gasteiger partial charge on any atom is 0.249 e. The molecule has 4 rings (SSSR count). The lowest BCUT2D eigenvalue weighted by atomic mass is 10.1. The van der Waals surface area contributed by atoms with Crippen LogP contribution >= 0.6 is 0 Å². The van der Waals surface area contributed by atoms with Crippen molar-refractivity contribution in [3.05, 3.63) is 59.7 Å². The van der Waals surface area contributed by atoms with Crippen molar-refractivity contribution < 1.29 is 23.2 Å². The quantitative estimate of drug-likeness (QED) is 0.581. The molecule has 1 unspecified atom stereocenters. The highest BCUT2D eigenvalue weighted by Crippen LogP contribution is 2.35. The van der Waals surface area contributed by atoms with Crippen LogP contribution in [-0.4, -0.2) is 34.7 Å². The Balaban J connectivity index is 1.55. The highest BCUT2D eigenvalue weighted by molar-refractivity contribution is 5.78. The molecule has 8 heteroatoms. The number of likely N-dealkylation sites (tertiary alicyclic amines) is 1. The zero-order valence-electron chi connectivity index (χ0n) is 16.8. The van der Waals surface area contributed by atoms with Crippen molar-refractivity contribution in [1.82, 2.24) is 15.0 Å². The normalized spacial score (nSPS) is 16.2. The third-order valence-electron chi connectivity index (χ3n) is 5.03. The summed E-state index contributed by atoms with van der Waals surface area (Å²) in [5.74, 6) is 1.19. The SMILES string of the molecule is CCOc1cccc(-c2noc(C3CCC(=O)N3Cc3ccc(OC)c(F)c3)n2)c1. The van der Waals surface area contributed by atoms with Crippen LogP contribution in [0, 0.1) is 5.82 Å². The summed E-state index contributed by atoms with van der Waals surface area (Å²) in [6.07, 6.45) is 0.943. The van der Waals surface area contributed by atoms with Crippen LogP contribution in [0.5, 0.6) is 11.5 Å². The molecule has 2 aromatic carbocycles. The minimum Gasteiger partial charge on any atom is -0.494 e. The van der Waals surface area contributed by atoms with Gasteiger partial charge in [-0.1, -0.05) is 23.4 Å². The molecule has 0 saturated carbocycles. The Hall–Kier alpha value is -3.42. The van der Waals surface area contributed by atoms with Gasteiger partial charge in [-0.25, -0.2) is 4.39 Å². The van der Waals surface area contributed by atoms with E-state index in [1.165, 1.54) is 13.2 Å². The fourth-order valence-electron chi connectivity index (χ4n) is 3.57. The average Bonchev–Trinajstić information content (AvgIpc) is 3.36. The number of carbonyl (C=O) groups is 1. The number of hydrogen-bond acceptors (Lipinski definition) is 6. The van der Waals surface area contributed by atoms with E-state index in [9.17, 15) is 9.18 Å². The Morgan fingerprint density at radius 3 is 2.90 bits per heavy atom. The number of nitrogens with zero attached hydrogens (tertiary/aromatic N) is 3. The first-order valence-electron chi connectivity index (χ1n) is 9.77. The second-order valence-electron chi connectivity index (χ2n) is 6.96. The van der Waals surface area contributed by atoms with Crippen molar-refractivity contribution >= 4 is 5.91 Å². The van der Waals surface area contributed by atoms with Gasteiger partial charge in [-0.05, 0) is 43.2 Å². The third-order valence-corrected chi connectivity index (χ3v) is 5.03. The van der Waals surface area contributed by atoms with E-state index in [0.29, 0.717) is 36.7 Å². The highest BCUT2D eigenvalue weighted by Gasteiger charge is 2.36. The van der Waals surface area contributed by atoms with Crippen molar-refractivity contribution in [3.8, 4) is 22.9 Å². The molecule has 1 aromatic heterocycles. The van der Waals surface area contributed by atoms with Crippen LogP contribution in [0.4, 0.5) is 4.39 Å². The van der Waals surface area contributed by atoms with Crippen LogP contribution in [0.1, 0.15) is 37.3 Å². The molecule has 156 valence electrons. The number of ether oxygens (including phenoxy) is 2. The van der Waals surface area contributed by atoms with Gasteiger partial charge in [-0.2, -0.15) is 4.98 Å². The van der Waals surface area contributed by atoms with Crippen molar-refractivity contribution in [1.29, 1.82) is 0 Å². The Kier molecular flexibility index (Phi) is 5.65. The van der Waals surface area contributed by atoms with Crippen LogP contribution in [0.25, 0.3) is 11.4 Å². The molecule has 0 bridgehead atoms. The van der Waals surface area contributed by atoms with Gasteiger partial charge in [0, 0.05) is 18.5 Å². The van der Waals surface area contributed by atoms with Crippen LogP contribution in [0.15, 0.2) is 47.0 Å². The van der Waals surface area contributed by atoms with Crippen molar-refractivity contribution in [3.63, 3.8) is 0 Å². The van der Waals surface area contributed by atoms with Gasteiger partial charge in [0.05, 0.1) is 13.7 Å². The Morgan fingerprint density at radius 1 is 1.27 bits per heavy atom. The molecule has 1 aliphatic rings. The number of benzene rings is 2. The van der Waals surface area contributed by atoms with Crippen LogP contribution in [0.2, 0.25) is 0 Å². The van der Waals surface area contributed by atoms with E-state index in [0.717, 1.165) is 11.3 Å². The summed E-state index contributed by atoms with van der Waals surface area (Å²) < 4.78 is 30.0. The molecule has 0 aliphatic carbocycles. The zero-order valence-corrected chi connectivity index (χ0v) is 16.8. The van der Waals surface area contributed by atoms with Crippen molar-refractivity contribution in [2.75, 3.05) is 13.7 Å². The van der Waals surface area contributed by atoms with Gasteiger partial charge >= 0.3 is 0 Å². The number of hydrogen-bond donors (Lipinski definition) is 0. The molecule has 1 saturated heterocycles. The first-order valence-corrected chi connectivity index (χ1v) is 9.77. The van der Waals surface area contributed by atoms with E-state index in [4.69, 9.17) is 14.0 Å². The van der Waals surface area contributed by atoms with E-state index in [2.05, 4.69) is 10.1 Å². The molecule has 0 N–H and O–H groups in total.